The molecular formula is C15H17BrN4. The number of hydrogen-bond donors (Lipinski definition) is 2. The standard InChI is InChI=1S/C15H17BrN4/c1-8-6-10(7-9(2)13(8)16)14-18-12-5-3-4-11(12)15(19-14)20-17/h6-7H,3-5,17H2,1-2H3,(H,18,19,20). The Bertz CT molecular complexity index is 659. The van der Waals surface area contributed by atoms with Gasteiger partial charge in [0, 0.05) is 21.3 Å². The molecule has 1 aliphatic carbocycles. The maximum atomic E-state index is 5.61. The number of rotatable bonds is 2. The molecule has 20 heavy (non-hydrogen) atoms. The van der Waals surface area contributed by atoms with Gasteiger partial charge in [-0.1, -0.05) is 15.9 Å². The maximum absolute atomic E-state index is 5.61. The molecule has 0 aliphatic heterocycles. The highest BCUT2D eigenvalue weighted by molar-refractivity contribution is 9.10. The lowest BCUT2D eigenvalue weighted by molar-refractivity contribution is 0.900. The van der Waals surface area contributed by atoms with Gasteiger partial charge in [0.25, 0.3) is 0 Å². The molecule has 0 radical (unpaired) electrons. The Hall–Kier alpha value is -1.46. The monoisotopic (exact) mass is 332 g/mol. The van der Waals surface area contributed by atoms with Crippen LogP contribution < -0.4 is 11.3 Å². The Morgan fingerprint density at radius 1 is 1.15 bits per heavy atom. The third kappa shape index (κ3) is 2.21. The van der Waals surface area contributed by atoms with Crippen molar-refractivity contribution in [3.8, 4) is 11.4 Å². The van der Waals surface area contributed by atoms with E-state index >= 15 is 0 Å². The van der Waals surface area contributed by atoms with Crippen LogP contribution in [-0.2, 0) is 12.8 Å². The second-order valence-corrected chi connectivity index (χ2v) is 6.04. The van der Waals surface area contributed by atoms with Crippen LogP contribution in [0.25, 0.3) is 11.4 Å². The highest BCUT2D eigenvalue weighted by atomic mass is 79.9. The quantitative estimate of drug-likeness (QED) is 0.654. The van der Waals surface area contributed by atoms with Gasteiger partial charge < -0.3 is 5.43 Å². The molecule has 1 aromatic carbocycles. The van der Waals surface area contributed by atoms with Gasteiger partial charge in [0.05, 0.1) is 0 Å². The van der Waals surface area contributed by atoms with Crippen LogP contribution in [0.4, 0.5) is 5.82 Å². The van der Waals surface area contributed by atoms with E-state index in [2.05, 4.69) is 52.3 Å². The number of fused-ring (bicyclic) bond motifs is 1. The molecule has 104 valence electrons. The van der Waals surface area contributed by atoms with Crippen molar-refractivity contribution in [2.75, 3.05) is 5.43 Å². The molecule has 5 heteroatoms. The molecule has 3 N–H and O–H groups in total. The van der Waals surface area contributed by atoms with Crippen molar-refractivity contribution in [3.63, 3.8) is 0 Å². The van der Waals surface area contributed by atoms with E-state index in [0.29, 0.717) is 0 Å². The highest BCUT2D eigenvalue weighted by Gasteiger charge is 2.19. The number of hydrogen-bond acceptors (Lipinski definition) is 4. The van der Waals surface area contributed by atoms with Crippen LogP contribution in [0.5, 0.6) is 0 Å². The van der Waals surface area contributed by atoms with Crippen molar-refractivity contribution in [2.45, 2.75) is 33.1 Å². The topological polar surface area (TPSA) is 63.8 Å². The number of aromatic nitrogens is 2. The van der Waals surface area contributed by atoms with Gasteiger partial charge in [-0.05, 0) is 56.4 Å². The molecule has 1 heterocycles. The van der Waals surface area contributed by atoms with Gasteiger partial charge in [0.1, 0.15) is 5.82 Å². The SMILES string of the molecule is Cc1cc(-c2nc3c(c(NN)n2)CCC3)cc(C)c1Br. The van der Waals surface area contributed by atoms with E-state index in [1.165, 1.54) is 16.7 Å². The van der Waals surface area contributed by atoms with E-state index in [1.807, 2.05) is 0 Å². The first-order valence-corrected chi connectivity index (χ1v) is 7.53. The summed E-state index contributed by atoms with van der Waals surface area (Å²) in [5.74, 6) is 7.12. The minimum atomic E-state index is 0.748. The first kappa shape index (κ1) is 13.5. The fraction of sp³-hybridized carbons (Fsp3) is 0.333. The summed E-state index contributed by atoms with van der Waals surface area (Å²) in [5, 5.41) is 0. The van der Waals surface area contributed by atoms with Gasteiger partial charge >= 0.3 is 0 Å². The summed E-state index contributed by atoms with van der Waals surface area (Å²) >= 11 is 3.59. The number of nitrogens with zero attached hydrogens (tertiary/aromatic N) is 2. The third-order valence-corrected chi connectivity index (χ3v) is 5.02. The summed E-state index contributed by atoms with van der Waals surface area (Å²) in [6, 6.07) is 4.21. The van der Waals surface area contributed by atoms with Crippen molar-refractivity contribution in [1.29, 1.82) is 0 Å². The zero-order chi connectivity index (χ0) is 14.3. The van der Waals surface area contributed by atoms with Crippen LogP contribution in [0.1, 0.15) is 28.8 Å². The van der Waals surface area contributed by atoms with Crippen molar-refractivity contribution in [2.24, 2.45) is 5.84 Å². The Kier molecular flexibility index (Phi) is 3.48. The van der Waals surface area contributed by atoms with E-state index in [1.54, 1.807) is 0 Å². The zero-order valence-electron chi connectivity index (χ0n) is 11.6. The van der Waals surface area contributed by atoms with Crippen LogP contribution >= 0.6 is 15.9 Å². The number of anilines is 1. The Morgan fingerprint density at radius 2 is 1.85 bits per heavy atom. The predicted molar refractivity (Wildman–Crippen MR) is 84.5 cm³/mol. The number of nitrogens with two attached hydrogens (primary N) is 1. The van der Waals surface area contributed by atoms with Crippen LogP contribution in [0, 0.1) is 13.8 Å². The van der Waals surface area contributed by atoms with Crippen molar-refractivity contribution < 1.29 is 0 Å². The first-order valence-electron chi connectivity index (χ1n) is 6.73. The number of aryl methyl sites for hydroxylation is 3. The smallest absolute Gasteiger partial charge is 0.161 e. The Balaban J connectivity index is 2.16. The molecule has 4 nitrogen and oxygen atoms in total. The molecule has 0 atom stereocenters. The number of benzene rings is 1. The number of nitrogens with one attached hydrogen (secondary N) is 1. The maximum Gasteiger partial charge on any atom is 0.161 e. The second-order valence-electron chi connectivity index (χ2n) is 5.24. The lowest BCUT2D eigenvalue weighted by atomic mass is 10.1. The molecule has 0 saturated carbocycles. The summed E-state index contributed by atoms with van der Waals surface area (Å²) in [5.41, 5.74) is 8.42. The largest absolute Gasteiger partial charge is 0.308 e. The van der Waals surface area contributed by atoms with E-state index < -0.39 is 0 Å². The summed E-state index contributed by atoms with van der Waals surface area (Å²) in [7, 11) is 0. The number of hydrazine groups is 1. The Morgan fingerprint density at radius 3 is 2.50 bits per heavy atom. The van der Waals surface area contributed by atoms with Gasteiger partial charge in [0.2, 0.25) is 0 Å². The molecule has 0 saturated heterocycles. The van der Waals surface area contributed by atoms with E-state index in [9.17, 15) is 0 Å². The van der Waals surface area contributed by atoms with Gasteiger partial charge in [-0.25, -0.2) is 15.8 Å². The molecular weight excluding hydrogens is 316 g/mol. The Labute approximate surface area is 126 Å². The van der Waals surface area contributed by atoms with E-state index in [4.69, 9.17) is 10.8 Å². The highest BCUT2D eigenvalue weighted by Crippen LogP contribution is 2.31. The second kappa shape index (κ2) is 5.14. The lowest BCUT2D eigenvalue weighted by Gasteiger charge is -2.11. The average Bonchev–Trinajstić information content (AvgIpc) is 2.91. The van der Waals surface area contributed by atoms with Crippen molar-refractivity contribution in [3.05, 3.63) is 39.0 Å². The van der Waals surface area contributed by atoms with Crippen LogP contribution in [-0.4, -0.2) is 9.97 Å². The fourth-order valence-corrected chi connectivity index (χ4v) is 2.98. The van der Waals surface area contributed by atoms with E-state index in [0.717, 1.165) is 46.6 Å². The van der Waals surface area contributed by atoms with Gasteiger partial charge in [-0.15, -0.1) is 0 Å². The van der Waals surface area contributed by atoms with Crippen LogP contribution in [0.15, 0.2) is 16.6 Å². The molecule has 3 rings (SSSR count). The average molecular weight is 333 g/mol. The molecule has 0 amide bonds. The molecule has 0 unspecified atom stereocenters. The summed E-state index contributed by atoms with van der Waals surface area (Å²) in [4.78, 5) is 9.30. The lowest BCUT2D eigenvalue weighted by Crippen LogP contribution is -2.12. The molecule has 2 aromatic rings. The normalized spacial score (nSPS) is 13.4. The number of nitrogen functional groups attached to an aromatic ring is 1. The van der Waals surface area contributed by atoms with Crippen molar-refractivity contribution >= 4 is 21.7 Å². The third-order valence-electron chi connectivity index (χ3n) is 3.76. The molecule has 0 fully saturated rings. The minimum Gasteiger partial charge on any atom is -0.308 e. The van der Waals surface area contributed by atoms with Gasteiger partial charge in [0.15, 0.2) is 5.82 Å². The van der Waals surface area contributed by atoms with E-state index in [-0.39, 0.29) is 0 Å². The van der Waals surface area contributed by atoms with Crippen LogP contribution in [0.2, 0.25) is 0 Å². The van der Waals surface area contributed by atoms with Crippen molar-refractivity contribution in [1.82, 2.24) is 9.97 Å². The summed E-state index contributed by atoms with van der Waals surface area (Å²) < 4.78 is 1.14. The van der Waals surface area contributed by atoms with Gasteiger partial charge in [-0.2, -0.15) is 0 Å². The minimum absolute atomic E-state index is 0.748. The predicted octanol–water partition coefficient (Wildman–Crippen LogP) is 3.30. The van der Waals surface area contributed by atoms with Gasteiger partial charge in [-0.3, -0.25) is 0 Å². The molecule has 0 bridgehead atoms. The molecule has 1 aliphatic rings. The summed E-state index contributed by atoms with van der Waals surface area (Å²) in [6.45, 7) is 4.16. The molecule has 1 aromatic heterocycles. The van der Waals surface area contributed by atoms with Crippen LogP contribution in [0.3, 0.4) is 0 Å². The fourth-order valence-electron chi connectivity index (χ4n) is 2.76. The number of halogens is 1. The molecule has 0 spiro atoms. The zero-order valence-corrected chi connectivity index (χ0v) is 13.2. The first-order chi connectivity index (χ1) is 9.60. The summed E-state index contributed by atoms with van der Waals surface area (Å²) in [6.07, 6.45) is 3.14.